The lowest BCUT2D eigenvalue weighted by Crippen LogP contribution is -2.25. The van der Waals surface area contributed by atoms with Gasteiger partial charge in [-0.15, -0.1) is 0 Å². The number of unbranched alkanes of at least 4 members (excludes halogenated alkanes) is 1. The Morgan fingerprint density at radius 1 is 1.25 bits per heavy atom. The third kappa shape index (κ3) is 7.04. The number of aryl methyl sites for hydroxylation is 1. The lowest BCUT2D eigenvalue weighted by atomic mass is 10.1. The van der Waals surface area contributed by atoms with Crippen LogP contribution in [0.5, 0.6) is 5.75 Å². The van der Waals surface area contributed by atoms with Crippen LogP contribution in [0.3, 0.4) is 0 Å². The summed E-state index contributed by atoms with van der Waals surface area (Å²) < 4.78 is 28.2. The van der Waals surface area contributed by atoms with Gasteiger partial charge in [-0.1, -0.05) is 12.1 Å². The molecule has 0 aromatic heterocycles. The van der Waals surface area contributed by atoms with Gasteiger partial charge in [-0.05, 0) is 43.5 Å². The van der Waals surface area contributed by atoms with Crippen LogP contribution in [0.1, 0.15) is 24.8 Å². The zero-order valence-electron chi connectivity index (χ0n) is 11.3. The summed E-state index contributed by atoms with van der Waals surface area (Å²) in [4.78, 5) is 11.5. The molecule has 1 rings (SSSR count). The number of benzene rings is 1. The number of alkyl halides is 2. The third-order valence-electron chi connectivity index (χ3n) is 2.74. The number of carbonyl (C=O) groups excluding carboxylic acids is 1. The molecule has 0 saturated carbocycles. The molecule has 4 nitrogen and oxygen atoms in total. The number of nitrogens with one attached hydrogen (secondary N) is 1. The van der Waals surface area contributed by atoms with Crippen LogP contribution < -0.4 is 15.8 Å². The van der Waals surface area contributed by atoms with E-state index in [4.69, 9.17) is 5.73 Å². The molecule has 0 saturated heterocycles. The van der Waals surface area contributed by atoms with Crippen molar-refractivity contribution < 1.29 is 18.3 Å². The monoisotopic (exact) mass is 286 g/mol. The standard InChI is InChI=1S/C14H20F2N2O2/c15-14(16)20-12-6-3-11(4-7-12)5-8-13(19)18-10-2-1-9-17/h3-4,6-7,14H,1-2,5,8-10,17H2,(H,18,19). The first-order valence-electron chi connectivity index (χ1n) is 6.62. The van der Waals surface area contributed by atoms with E-state index in [0.29, 0.717) is 25.9 Å². The maximum absolute atomic E-state index is 12.0. The van der Waals surface area contributed by atoms with E-state index in [1.54, 1.807) is 12.1 Å². The minimum Gasteiger partial charge on any atom is -0.435 e. The highest BCUT2D eigenvalue weighted by Gasteiger charge is 2.05. The smallest absolute Gasteiger partial charge is 0.387 e. The molecule has 6 heteroatoms. The molecule has 0 bridgehead atoms. The Morgan fingerprint density at radius 3 is 2.55 bits per heavy atom. The van der Waals surface area contributed by atoms with Crippen molar-refractivity contribution in [2.45, 2.75) is 32.3 Å². The minimum atomic E-state index is -2.82. The summed E-state index contributed by atoms with van der Waals surface area (Å²) in [5.74, 6) is 0.102. The predicted molar refractivity (Wildman–Crippen MR) is 72.7 cm³/mol. The Balaban J connectivity index is 2.25. The topological polar surface area (TPSA) is 64.3 Å². The van der Waals surface area contributed by atoms with E-state index >= 15 is 0 Å². The van der Waals surface area contributed by atoms with Crippen LogP contribution in [0.2, 0.25) is 0 Å². The van der Waals surface area contributed by atoms with E-state index < -0.39 is 6.61 Å². The van der Waals surface area contributed by atoms with Gasteiger partial charge in [0.1, 0.15) is 5.75 Å². The van der Waals surface area contributed by atoms with Crippen molar-refractivity contribution in [3.63, 3.8) is 0 Å². The SMILES string of the molecule is NCCCCNC(=O)CCc1ccc(OC(F)F)cc1. The number of nitrogens with two attached hydrogens (primary N) is 1. The molecule has 0 unspecified atom stereocenters. The van der Waals surface area contributed by atoms with Gasteiger partial charge in [-0.3, -0.25) is 4.79 Å². The molecule has 0 spiro atoms. The second kappa shape index (κ2) is 9.25. The average molecular weight is 286 g/mol. The van der Waals surface area contributed by atoms with Gasteiger partial charge in [0, 0.05) is 13.0 Å². The lowest BCUT2D eigenvalue weighted by molar-refractivity contribution is -0.121. The molecule has 0 aliphatic rings. The van der Waals surface area contributed by atoms with Gasteiger partial charge in [0.25, 0.3) is 0 Å². The number of hydrogen-bond donors (Lipinski definition) is 2. The number of hydrogen-bond acceptors (Lipinski definition) is 3. The fraction of sp³-hybridized carbons (Fsp3) is 0.500. The van der Waals surface area contributed by atoms with Gasteiger partial charge >= 0.3 is 6.61 Å². The third-order valence-corrected chi connectivity index (χ3v) is 2.74. The highest BCUT2D eigenvalue weighted by atomic mass is 19.3. The zero-order chi connectivity index (χ0) is 14.8. The van der Waals surface area contributed by atoms with Gasteiger partial charge in [-0.25, -0.2) is 0 Å². The Kier molecular flexibility index (Phi) is 7.57. The molecule has 0 aliphatic carbocycles. The van der Waals surface area contributed by atoms with Crippen molar-refractivity contribution >= 4 is 5.91 Å². The molecule has 3 N–H and O–H groups in total. The number of ether oxygens (including phenoxy) is 1. The van der Waals surface area contributed by atoms with Crippen LogP contribution in [0.25, 0.3) is 0 Å². The molecule has 112 valence electrons. The normalized spacial score (nSPS) is 10.6. The van der Waals surface area contributed by atoms with Crippen molar-refractivity contribution in [3.05, 3.63) is 29.8 Å². The van der Waals surface area contributed by atoms with Crippen LogP contribution in [-0.2, 0) is 11.2 Å². The largest absolute Gasteiger partial charge is 0.435 e. The first-order chi connectivity index (χ1) is 9.61. The molecular formula is C14H20F2N2O2. The van der Waals surface area contributed by atoms with E-state index in [9.17, 15) is 13.6 Å². The first-order valence-corrected chi connectivity index (χ1v) is 6.62. The van der Waals surface area contributed by atoms with Gasteiger partial charge in [-0.2, -0.15) is 8.78 Å². The molecule has 0 atom stereocenters. The van der Waals surface area contributed by atoms with E-state index in [2.05, 4.69) is 10.1 Å². The van der Waals surface area contributed by atoms with Crippen LogP contribution in [-0.4, -0.2) is 25.6 Å². The van der Waals surface area contributed by atoms with Crippen LogP contribution >= 0.6 is 0 Å². The van der Waals surface area contributed by atoms with Crippen LogP contribution in [0, 0.1) is 0 Å². The maximum Gasteiger partial charge on any atom is 0.387 e. The number of carbonyl (C=O) groups is 1. The van der Waals surface area contributed by atoms with Crippen molar-refractivity contribution in [1.82, 2.24) is 5.32 Å². The van der Waals surface area contributed by atoms with E-state index in [-0.39, 0.29) is 11.7 Å². The summed E-state index contributed by atoms with van der Waals surface area (Å²) in [6, 6.07) is 6.31. The van der Waals surface area contributed by atoms with Crippen LogP contribution in [0.4, 0.5) is 8.78 Å². The molecule has 1 aromatic carbocycles. The van der Waals surface area contributed by atoms with Crippen molar-refractivity contribution in [1.29, 1.82) is 0 Å². The van der Waals surface area contributed by atoms with Gasteiger partial charge in [0.15, 0.2) is 0 Å². The molecule has 0 fully saturated rings. The van der Waals surface area contributed by atoms with Crippen molar-refractivity contribution in [3.8, 4) is 5.75 Å². The number of amides is 1. The Bertz CT molecular complexity index is 397. The Morgan fingerprint density at radius 2 is 1.95 bits per heavy atom. The molecule has 1 amide bonds. The summed E-state index contributed by atoms with van der Waals surface area (Å²) in [6.07, 6.45) is 2.71. The fourth-order valence-electron chi connectivity index (χ4n) is 1.68. The summed E-state index contributed by atoms with van der Waals surface area (Å²) in [5.41, 5.74) is 6.26. The molecule has 0 radical (unpaired) electrons. The molecule has 1 aromatic rings. The predicted octanol–water partition coefficient (Wildman–Crippen LogP) is 2.08. The van der Waals surface area contributed by atoms with Gasteiger partial charge in [0.2, 0.25) is 5.91 Å². The summed E-state index contributed by atoms with van der Waals surface area (Å²) in [6.45, 7) is -1.56. The molecule has 20 heavy (non-hydrogen) atoms. The van der Waals surface area contributed by atoms with E-state index in [1.807, 2.05) is 0 Å². The quantitative estimate of drug-likeness (QED) is 0.683. The van der Waals surface area contributed by atoms with E-state index in [1.165, 1.54) is 12.1 Å². The highest BCUT2D eigenvalue weighted by Crippen LogP contribution is 2.15. The zero-order valence-corrected chi connectivity index (χ0v) is 11.3. The first kappa shape index (κ1) is 16.4. The van der Waals surface area contributed by atoms with Gasteiger partial charge in [0.05, 0.1) is 0 Å². The average Bonchev–Trinajstić information content (AvgIpc) is 2.42. The Labute approximate surface area is 117 Å². The second-order valence-electron chi connectivity index (χ2n) is 4.37. The Hall–Kier alpha value is -1.69. The summed E-state index contributed by atoms with van der Waals surface area (Å²) in [5, 5.41) is 2.81. The fourth-order valence-corrected chi connectivity index (χ4v) is 1.68. The number of rotatable bonds is 9. The van der Waals surface area contributed by atoms with Crippen molar-refractivity contribution in [2.75, 3.05) is 13.1 Å². The lowest BCUT2D eigenvalue weighted by Gasteiger charge is -2.06. The minimum absolute atomic E-state index is 0.0186. The van der Waals surface area contributed by atoms with E-state index in [0.717, 1.165) is 18.4 Å². The van der Waals surface area contributed by atoms with Gasteiger partial charge < -0.3 is 15.8 Å². The second-order valence-corrected chi connectivity index (χ2v) is 4.37. The summed E-state index contributed by atoms with van der Waals surface area (Å²) >= 11 is 0. The highest BCUT2D eigenvalue weighted by molar-refractivity contribution is 5.76. The molecule has 0 aliphatic heterocycles. The number of halogens is 2. The molecular weight excluding hydrogens is 266 g/mol. The molecule has 0 heterocycles. The van der Waals surface area contributed by atoms with Crippen molar-refractivity contribution in [2.24, 2.45) is 5.73 Å². The maximum atomic E-state index is 12.0. The van der Waals surface area contributed by atoms with Crippen LogP contribution in [0.15, 0.2) is 24.3 Å². The summed E-state index contributed by atoms with van der Waals surface area (Å²) in [7, 11) is 0.